The third-order valence-corrected chi connectivity index (χ3v) is 3.67. The molecule has 1 N–H and O–H groups in total. The van der Waals surface area contributed by atoms with E-state index in [4.69, 9.17) is 11.6 Å². The molecule has 0 amide bonds. The molecule has 0 saturated carbocycles. The number of halogens is 1. The smallest absolute Gasteiger partial charge is 0.0866 e. The summed E-state index contributed by atoms with van der Waals surface area (Å²) < 4.78 is 3.86. The van der Waals surface area contributed by atoms with E-state index in [9.17, 15) is 0 Å². The highest BCUT2D eigenvalue weighted by atomic mass is 35.5. The first kappa shape index (κ1) is 14.1. The van der Waals surface area contributed by atoms with Gasteiger partial charge in [0.2, 0.25) is 0 Å². The van der Waals surface area contributed by atoms with Crippen molar-refractivity contribution in [2.45, 2.75) is 40.4 Å². The van der Waals surface area contributed by atoms with Crippen LogP contribution >= 0.6 is 11.6 Å². The van der Waals surface area contributed by atoms with Crippen molar-refractivity contribution in [1.82, 2.24) is 24.9 Å². The van der Waals surface area contributed by atoms with E-state index >= 15 is 0 Å². The molecule has 2 rings (SSSR count). The van der Waals surface area contributed by atoms with Crippen molar-refractivity contribution in [2.24, 2.45) is 0 Å². The summed E-state index contributed by atoms with van der Waals surface area (Å²) in [6.45, 7) is 8.30. The molecular formula is C13H20ClN5. The van der Waals surface area contributed by atoms with Crippen molar-refractivity contribution in [3.05, 3.63) is 33.9 Å². The maximum absolute atomic E-state index is 6.31. The molecule has 5 nitrogen and oxygen atoms in total. The number of hydrogen-bond acceptors (Lipinski definition) is 3. The molecule has 0 radical (unpaired) electrons. The largest absolute Gasteiger partial charge is 0.316 e. The monoisotopic (exact) mass is 281 g/mol. The van der Waals surface area contributed by atoms with Crippen LogP contribution in [0.15, 0.2) is 6.20 Å². The summed E-state index contributed by atoms with van der Waals surface area (Å²) in [4.78, 5) is 0. The molecule has 0 spiro atoms. The zero-order valence-corrected chi connectivity index (χ0v) is 12.6. The van der Waals surface area contributed by atoms with Crippen molar-refractivity contribution >= 4 is 11.6 Å². The molecule has 2 aromatic rings. The Labute approximate surface area is 118 Å². The fourth-order valence-corrected chi connectivity index (χ4v) is 2.37. The van der Waals surface area contributed by atoms with E-state index in [-0.39, 0.29) is 0 Å². The lowest BCUT2D eigenvalue weighted by atomic mass is 10.3. The minimum atomic E-state index is 0.651. The van der Waals surface area contributed by atoms with Crippen LogP contribution in [0.3, 0.4) is 0 Å². The van der Waals surface area contributed by atoms with Crippen LogP contribution in [-0.2, 0) is 19.6 Å². The minimum Gasteiger partial charge on any atom is -0.316 e. The molecular weight excluding hydrogens is 262 g/mol. The van der Waals surface area contributed by atoms with Gasteiger partial charge in [0.15, 0.2) is 0 Å². The predicted molar refractivity (Wildman–Crippen MR) is 76.5 cm³/mol. The standard InChI is InChI=1S/C13H20ClN5/c1-5-19-12(13(14)10(3)17-19)8-18-7-11(6-15-4)9(2)16-18/h7,15H,5-6,8H2,1-4H3. The molecule has 6 heteroatoms. The van der Waals surface area contributed by atoms with Crippen LogP contribution < -0.4 is 5.32 Å². The third-order valence-electron chi connectivity index (χ3n) is 3.18. The average molecular weight is 282 g/mol. The SMILES string of the molecule is CCn1nc(C)c(Cl)c1Cn1cc(CNC)c(C)n1. The van der Waals surface area contributed by atoms with E-state index in [0.29, 0.717) is 6.54 Å². The Morgan fingerprint density at radius 3 is 2.63 bits per heavy atom. The van der Waals surface area contributed by atoms with Gasteiger partial charge in [0.25, 0.3) is 0 Å². The maximum Gasteiger partial charge on any atom is 0.0866 e. The maximum atomic E-state index is 6.31. The van der Waals surface area contributed by atoms with Gasteiger partial charge in [0, 0.05) is 24.8 Å². The van der Waals surface area contributed by atoms with E-state index in [1.165, 1.54) is 5.56 Å². The van der Waals surface area contributed by atoms with Gasteiger partial charge in [-0.3, -0.25) is 9.36 Å². The van der Waals surface area contributed by atoms with Gasteiger partial charge in [0.05, 0.1) is 28.6 Å². The molecule has 0 aromatic carbocycles. The molecule has 0 atom stereocenters. The summed E-state index contributed by atoms with van der Waals surface area (Å²) >= 11 is 6.31. The van der Waals surface area contributed by atoms with Crippen LogP contribution in [0.5, 0.6) is 0 Å². The molecule has 0 bridgehead atoms. The van der Waals surface area contributed by atoms with Crippen molar-refractivity contribution < 1.29 is 0 Å². The van der Waals surface area contributed by atoms with Crippen LogP contribution in [-0.4, -0.2) is 26.6 Å². The Bertz CT molecular complexity index is 570. The van der Waals surface area contributed by atoms with Gasteiger partial charge < -0.3 is 5.32 Å². The van der Waals surface area contributed by atoms with E-state index in [2.05, 4.69) is 28.6 Å². The Kier molecular flexibility index (Phi) is 4.27. The van der Waals surface area contributed by atoms with Crippen LogP contribution in [0.1, 0.15) is 29.6 Å². The number of hydrogen-bond donors (Lipinski definition) is 1. The molecule has 0 aliphatic heterocycles. The number of rotatable bonds is 5. The van der Waals surface area contributed by atoms with E-state index in [1.54, 1.807) is 0 Å². The summed E-state index contributed by atoms with van der Waals surface area (Å²) in [7, 11) is 1.93. The van der Waals surface area contributed by atoms with Gasteiger partial charge in [-0.05, 0) is 27.8 Å². The molecule has 0 aliphatic carbocycles. The van der Waals surface area contributed by atoms with Gasteiger partial charge in [-0.25, -0.2) is 0 Å². The molecule has 0 saturated heterocycles. The first-order valence-corrected chi connectivity index (χ1v) is 6.83. The zero-order chi connectivity index (χ0) is 14.0. The predicted octanol–water partition coefficient (Wildman–Crippen LogP) is 2.14. The number of aryl methyl sites for hydroxylation is 3. The molecule has 104 valence electrons. The molecule has 0 unspecified atom stereocenters. The van der Waals surface area contributed by atoms with Gasteiger partial charge in [-0.1, -0.05) is 11.6 Å². The van der Waals surface area contributed by atoms with E-state index < -0.39 is 0 Å². The number of aromatic nitrogens is 4. The highest BCUT2D eigenvalue weighted by Gasteiger charge is 2.14. The minimum absolute atomic E-state index is 0.651. The fourth-order valence-electron chi connectivity index (χ4n) is 2.18. The summed E-state index contributed by atoms with van der Waals surface area (Å²) in [5, 5.41) is 12.8. The van der Waals surface area contributed by atoms with Crippen molar-refractivity contribution in [1.29, 1.82) is 0 Å². The Morgan fingerprint density at radius 1 is 1.26 bits per heavy atom. The second kappa shape index (κ2) is 5.75. The topological polar surface area (TPSA) is 47.7 Å². The lowest BCUT2D eigenvalue weighted by molar-refractivity contribution is 0.573. The van der Waals surface area contributed by atoms with E-state index in [0.717, 1.165) is 35.2 Å². The average Bonchev–Trinajstić information content (AvgIpc) is 2.85. The van der Waals surface area contributed by atoms with Crippen molar-refractivity contribution in [2.75, 3.05) is 7.05 Å². The Morgan fingerprint density at radius 2 is 2.00 bits per heavy atom. The van der Waals surface area contributed by atoms with Crippen LogP contribution in [0.2, 0.25) is 5.02 Å². The summed E-state index contributed by atoms with van der Waals surface area (Å²) in [5.74, 6) is 0. The number of nitrogens with one attached hydrogen (secondary N) is 1. The second-order valence-corrected chi connectivity index (χ2v) is 5.01. The fraction of sp³-hybridized carbons (Fsp3) is 0.538. The zero-order valence-electron chi connectivity index (χ0n) is 11.9. The van der Waals surface area contributed by atoms with Gasteiger partial charge in [0.1, 0.15) is 0 Å². The van der Waals surface area contributed by atoms with Gasteiger partial charge >= 0.3 is 0 Å². The Balaban J connectivity index is 2.28. The second-order valence-electron chi connectivity index (χ2n) is 4.63. The highest BCUT2D eigenvalue weighted by Crippen LogP contribution is 2.21. The third kappa shape index (κ3) is 2.82. The molecule has 0 fully saturated rings. The van der Waals surface area contributed by atoms with Gasteiger partial charge in [-0.2, -0.15) is 10.2 Å². The summed E-state index contributed by atoms with van der Waals surface area (Å²) in [5.41, 5.74) is 4.14. The lowest BCUT2D eigenvalue weighted by Gasteiger charge is -2.05. The highest BCUT2D eigenvalue weighted by molar-refractivity contribution is 6.31. The molecule has 19 heavy (non-hydrogen) atoms. The van der Waals surface area contributed by atoms with Crippen LogP contribution in [0, 0.1) is 13.8 Å². The molecule has 2 aromatic heterocycles. The lowest BCUT2D eigenvalue weighted by Crippen LogP contribution is -2.09. The normalized spacial score (nSPS) is 11.2. The summed E-state index contributed by atoms with van der Waals surface area (Å²) in [6, 6.07) is 0. The van der Waals surface area contributed by atoms with Crippen LogP contribution in [0.4, 0.5) is 0 Å². The van der Waals surface area contributed by atoms with Crippen LogP contribution in [0.25, 0.3) is 0 Å². The van der Waals surface area contributed by atoms with Crippen molar-refractivity contribution in [3.63, 3.8) is 0 Å². The molecule has 2 heterocycles. The number of nitrogens with zero attached hydrogens (tertiary/aromatic N) is 4. The first-order chi connectivity index (χ1) is 9.06. The van der Waals surface area contributed by atoms with Gasteiger partial charge in [-0.15, -0.1) is 0 Å². The Hall–Kier alpha value is -1.33. The van der Waals surface area contributed by atoms with Crippen molar-refractivity contribution in [3.8, 4) is 0 Å². The van der Waals surface area contributed by atoms with E-state index in [1.807, 2.05) is 30.3 Å². The first-order valence-electron chi connectivity index (χ1n) is 6.46. The quantitative estimate of drug-likeness (QED) is 0.913. The summed E-state index contributed by atoms with van der Waals surface area (Å²) in [6.07, 6.45) is 2.06. The molecule has 0 aliphatic rings.